The molecule has 0 saturated carbocycles. The predicted octanol–water partition coefficient (Wildman–Crippen LogP) is 3.39. The van der Waals surface area contributed by atoms with E-state index < -0.39 is 0 Å². The second-order valence-electron chi connectivity index (χ2n) is 4.34. The van der Waals surface area contributed by atoms with Crippen LogP contribution in [-0.2, 0) is 6.42 Å². The molecule has 0 saturated heterocycles. The molecule has 2 nitrogen and oxygen atoms in total. The van der Waals surface area contributed by atoms with Crippen LogP contribution in [0, 0.1) is 0 Å². The Balaban J connectivity index is 2.12. The van der Waals surface area contributed by atoms with Gasteiger partial charge in [0.05, 0.1) is 12.6 Å². The van der Waals surface area contributed by atoms with E-state index in [0.29, 0.717) is 0 Å². The van der Waals surface area contributed by atoms with Gasteiger partial charge in [-0.3, -0.25) is 0 Å². The van der Waals surface area contributed by atoms with E-state index in [2.05, 4.69) is 36.5 Å². The van der Waals surface area contributed by atoms with Crippen molar-refractivity contribution in [1.29, 1.82) is 0 Å². The maximum absolute atomic E-state index is 9.50. The minimum atomic E-state index is -0.0571. The number of hydrogen-bond acceptors (Lipinski definition) is 2. The number of aryl methyl sites for hydroxylation is 1. The smallest absolute Gasteiger partial charge is 0.0745 e. The van der Waals surface area contributed by atoms with Crippen molar-refractivity contribution in [3.8, 4) is 0 Å². The average molecular weight is 241 g/mol. The lowest BCUT2D eigenvalue weighted by molar-refractivity contribution is 0.276. The van der Waals surface area contributed by atoms with Gasteiger partial charge in [0.15, 0.2) is 0 Å². The third kappa shape index (κ3) is 3.11. The Morgan fingerprint density at radius 3 is 2.22 bits per heavy atom. The first kappa shape index (κ1) is 12.7. The summed E-state index contributed by atoms with van der Waals surface area (Å²) in [5.74, 6) is 0. The van der Waals surface area contributed by atoms with E-state index in [4.69, 9.17) is 0 Å². The lowest BCUT2D eigenvalue weighted by Crippen LogP contribution is -2.14. The van der Waals surface area contributed by atoms with Crippen LogP contribution in [0.25, 0.3) is 0 Å². The maximum atomic E-state index is 9.50. The van der Waals surface area contributed by atoms with Crippen LogP contribution in [0.5, 0.6) is 0 Å². The molecule has 1 unspecified atom stereocenters. The highest BCUT2D eigenvalue weighted by Gasteiger charge is 2.09. The van der Waals surface area contributed by atoms with E-state index in [1.807, 2.05) is 30.3 Å². The van der Waals surface area contributed by atoms with Crippen LogP contribution in [0.15, 0.2) is 54.6 Å². The van der Waals surface area contributed by atoms with E-state index in [0.717, 1.165) is 17.7 Å². The number of aliphatic hydroxyl groups is 1. The van der Waals surface area contributed by atoms with E-state index in [9.17, 15) is 5.11 Å². The Morgan fingerprint density at radius 2 is 1.67 bits per heavy atom. The van der Waals surface area contributed by atoms with Crippen LogP contribution in [-0.4, -0.2) is 11.7 Å². The van der Waals surface area contributed by atoms with Gasteiger partial charge in [0.2, 0.25) is 0 Å². The molecule has 2 N–H and O–H groups in total. The Hall–Kier alpha value is -1.80. The molecule has 0 amide bonds. The second kappa shape index (κ2) is 6.22. The van der Waals surface area contributed by atoms with Crippen LogP contribution < -0.4 is 5.32 Å². The molecular formula is C16H19NO. The molecule has 2 heteroatoms. The average Bonchev–Trinajstić information content (AvgIpc) is 2.46. The minimum Gasteiger partial charge on any atom is -0.394 e. The fraction of sp³-hybridized carbons (Fsp3) is 0.250. The lowest BCUT2D eigenvalue weighted by Gasteiger charge is -2.18. The van der Waals surface area contributed by atoms with E-state index in [-0.39, 0.29) is 12.6 Å². The van der Waals surface area contributed by atoms with Crippen LogP contribution in [0.4, 0.5) is 5.69 Å². The fourth-order valence-corrected chi connectivity index (χ4v) is 1.96. The van der Waals surface area contributed by atoms with Gasteiger partial charge in [-0.25, -0.2) is 0 Å². The molecule has 0 aliphatic carbocycles. The number of aliphatic hydroxyl groups excluding tert-OH is 1. The standard InChI is InChI=1S/C16H19NO/c1-2-13-8-10-14(11-9-13)16(12-18)17-15-6-4-3-5-7-15/h3-11,16-18H,2,12H2,1H3. The molecule has 0 aliphatic rings. The summed E-state index contributed by atoms with van der Waals surface area (Å²) in [6.45, 7) is 2.22. The molecule has 2 aromatic carbocycles. The van der Waals surface area contributed by atoms with Crippen LogP contribution >= 0.6 is 0 Å². The zero-order valence-electron chi connectivity index (χ0n) is 10.6. The molecule has 18 heavy (non-hydrogen) atoms. The summed E-state index contributed by atoms with van der Waals surface area (Å²) < 4.78 is 0. The van der Waals surface area contributed by atoms with Gasteiger partial charge >= 0.3 is 0 Å². The number of nitrogens with one attached hydrogen (secondary N) is 1. The highest BCUT2D eigenvalue weighted by molar-refractivity contribution is 5.45. The summed E-state index contributed by atoms with van der Waals surface area (Å²) in [5, 5.41) is 12.8. The van der Waals surface area contributed by atoms with Gasteiger partial charge in [0.1, 0.15) is 0 Å². The maximum Gasteiger partial charge on any atom is 0.0745 e. The number of para-hydroxylation sites is 1. The number of benzene rings is 2. The second-order valence-corrected chi connectivity index (χ2v) is 4.34. The summed E-state index contributed by atoms with van der Waals surface area (Å²) in [5.41, 5.74) is 3.45. The molecule has 2 rings (SSSR count). The van der Waals surface area contributed by atoms with E-state index in [1.54, 1.807) is 0 Å². The van der Waals surface area contributed by atoms with Gasteiger partial charge in [-0.1, -0.05) is 49.4 Å². The molecule has 0 fully saturated rings. The predicted molar refractivity (Wildman–Crippen MR) is 75.7 cm³/mol. The summed E-state index contributed by atoms with van der Waals surface area (Å²) in [7, 11) is 0. The number of anilines is 1. The highest BCUT2D eigenvalue weighted by atomic mass is 16.3. The van der Waals surface area contributed by atoms with Crippen LogP contribution in [0.1, 0.15) is 24.1 Å². The Kier molecular flexibility index (Phi) is 4.37. The van der Waals surface area contributed by atoms with Crippen molar-refractivity contribution in [2.45, 2.75) is 19.4 Å². The number of hydrogen-bond donors (Lipinski definition) is 2. The third-order valence-electron chi connectivity index (χ3n) is 3.09. The third-order valence-corrected chi connectivity index (χ3v) is 3.09. The Morgan fingerprint density at radius 1 is 1.00 bits per heavy atom. The molecule has 0 spiro atoms. The Bertz CT molecular complexity index is 464. The number of rotatable bonds is 5. The largest absolute Gasteiger partial charge is 0.394 e. The first-order valence-electron chi connectivity index (χ1n) is 6.34. The Labute approximate surface area is 108 Å². The zero-order valence-corrected chi connectivity index (χ0v) is 10.6. The van der Waals surface area contributed by atoms with Gasteiger partial charge in [0, 0.05) is 5.69 Å². The van der Waals surface area contributed by atoms with Gasteiger partial charge in [-0.05, 0) is 29.7 Å². The highest BCUT2D eigenvalue weighted by Crippen LogP contribution is 2.19. The molecular weight excluding hydrogens is 222 g/mol. The van der Waals surface area contributed by atoms with Gasteiger partial charge in [0.25, 0.3) is 0 Å². The van der Waals surface area contributed by atoms with Gasteiger partial charge in [-0.15, -0.1) is 0 Å². The summed E-state index contributed by atoms with van der Waals surface area (Å²) in [4.78, 5) is 0. The monoisotopic (exact) mass is 241 g/mol. The molecule has 0 aromatic heterocycles. The quantitative estimate of drug-likeness (QED) is 0.841. The topological polar surface area (TPSA) is 32.3 Å². The van der Waals surface area contributed by atoms with Crippen molar-refractivity contribution in [2.24, 2.45) is 0 Å². The summed E-state index contributed by atoms with van der Waals surface area (Å²) in [6.07, 6.45) is 1.04. The van der Waals surface area contributed by atoms with Gasteiger partial charge < -0.3 is 10.4 Å². The normalized spacial score (nSPS) is 12.1. The van der Waals surface area contributed by atoms with Crippen molar-refractivity contribution in [2.75, 3.05) is 11.9 Å². The summed E-state index contributed by atoms with van der Waals surface area (Å²) in [6, 6.07) is 18.3. The van der Waals surface area contributed by atoms with Gasteiger partial charge in [-0.2, -0.15) is 0 Å². The fourth-order valence-electron chi connectivity index (χ4n) is 1.96. The molecule has 2 aromatic rings. The van der Waals surface area contributed by atoms with Crippen LogP contribution in [0.3, 0.4) is 0 Å². The molecule has 0 bridgehead atoms. The van der Waals surface area contributed by atoms with Crippen molar-refractivity contribution in [3.05, 3.63) is 65.7 Å². The molecule has 0 aliphatic heterocycles. The van der Waals surface area contributed by atoms with Crippen molar-refractivity contribution in [1.82, 2.24) is 0 Å². The van der Waals surface area contributed by atoms with Crippen molar-refractivity contribution >= 4 is 5.69 Å². The molecule has 1 atom stereocenters. The first-order chi connectivity index (χ1) is 8.83. The lowest BCUT2D eigenvalue weighted by atomic mass is 10.0. The summed E-state index contributed by atoms with van der Waals surface area (Å²) >= 11 is 0. The SMILES string of the molecule is CCc1ccc(C(CO)Nc2ccccc2)cc1. The minimum absolute atomic E-state index is 0.0571. The molecule has 0 heterocycles. The van der Waals surface area contributed by atoms with E-state index >= 15 is 0 Å². The first-order valence-corrected chi connectivity index (χ1v) is 6.34. The van der Waals surface area contributed by atoms with Crippen LogP contribution in [0.2, 0.25) is 0 Å². The van der Waals surface area contributed by atoms with Crippen molar-refractivity contribution < 1.29 is 5.11 Å². The van der Waals surface area contributed by atoms with Crippen molar-refractivity contribution in [3.63, 3.8) is 0 Å². The zero-order chi connectivity index (χ0) is 12.8. The van der Waals surface area contributed by atoms with E-state index in [1.165, 1.54) is 5.56 Å². The molecule has 0 radical (unpaired) electrons. The molecule has 94 valence electrons.